The summed E-state index contributed by atoms with van der Waals surface area (Å²) in [6.45, 7) is 6.30. The van der Waals surface area contributed by atoms with Gasteiger partial charge in [-0.1, -0.05) is 0 Å². The van der Waals surface area contributed by atoms with Crippen LogP contribution in [0.5, 0.6) is 0 Å². The van der Waals surface area contributed by atoms with Crippen LogP contribution < -0.4 is 0 Å². The second-order valence-electron chi connectivity index (χ2n) is 5.41. The normalized spacial score (nSPS) is 12.8. The average Bonchev–Trinajstić information content (AvgIpc) is 2.24. The van der Waals surface area contributed by atoms with Gasteiger partial charge in [-0.15, -0.1) is 0 Å². The van der Waals surface area contributed by atoms with E-state index in [-0.39, 0.29) is 11.7 Å². The third-order valence-electron chi connectivity index (χ3n) is 2.82. The van der Waals surface area contributed by atoms with Crippen molar-refractivity contribution in [2.45, 2.75) is 38.4 Å². The molecule has 0 saturated carbocycles. The summed E-state index contributed by atoms with van der Waals surface area (Å²) in [6.07, 6.45) is 1.05. The lowest BCUT2D eigenvalue weighted by Crippen LogP contribution is -2.35. The minimum atomic E-state index is -3.07. The molecular weight excluding hydrogens is 254 g/mol. The highest BCUT2D eigenvalue weighted by atomic mass is 32.2. The fourth-order valence-electron chi connectivity index (χ4n) is 1.29. The van der Waals surface area contributed by atoms with Gasteiger partial charge in [-0.3, -0.25) is 4.79 Å². The minimum absolute atomic E-state index is 0.144. The van der Waals surface area contributed by atoms with Crippen molar-refractivity contribution in [1.29, 1.82) is 0 Å². The monoisotopic (exact) mass is 279 g/mol. The van der Waals surface area contributed by atoms with Gasteiger partial charge in [0.05, 0.1) is 17.6 Å². The van der Waals surface area contributed by atoms with Crippen LogP contribution in [0.2, 0.25) is 0 Å². The molecule has 5 nitrogen and oxygen atoms in total. The first kappa shape index (κ1) is 17.4. The molecule has 0 fully saturated rings. The van der Waals surface area contributed by atoms with Crippen molar-refractivity contribution >= 4 is 15.8 Å². The summed E-state index contributed by atoms with van der Waals surface area (Å²) in [6, 6.07) is 0. The third kappa shape index (κ3) is 6.35. The number of methoxy groups -OCH3 is 1. The smallest absolute Gasteiger partial charge is 0.305 e. The lowest BCUT2D eigenvalue weighted by atomic mass is 10.3. The Balaban J connectivity index is 3.98. The van der Waals surface area contributed by atoms with Crippen LogP contribution in [0.1, 0.15) is 33.6 Å². The highest BCUT2D eigenvalue weighted by Crippen LogP contribution is 2.15. The molecule has 0 aromatic rings. The van der Waals surface area contributed by atoms with Crippen molar-refractivity contribution in [1.82, 2.24) is 4.90 Å². The van der Waals surface area contributed by atoms with Gasteiger partial charge in [0.2, 0.25) is 0 Å². The summed E-state index contributed by atoms with van der Waals surface area (Å²) in [5, 5.41) is 0. The number of rotatable bonds is 7. The molecule has 0 rings (SSSR count). The molecule has 0 aliphatic carbocycles. The van der Waals surface area contributed by atoms with Gasteiger partial charge in [-0.05, 0) is 40.8 Å². The van der Waals surface area contributed by atoms with E-state index in [4.69, 9.17) is 0 Å². The molecule has 18 heavy (non-hydrogen) atoms. The van der Waals surface area contributed by atoms with E-state index in [9.17, 15) is 13.2 Å². The van der Waals surface area contributed by atoms with Gasteiger partial charge in [0.25, 0.3) is 0 Å². The Morgan fingerprint density at radius 3 is 2.22 bits per heavy atom. The van der Waals surface area contributed by atoms with Crippen LogP contribution in [0.25, 0.3) is 0 Å². The van der Waals surface area contributed by atoms with Gasteiger partial charge in [-0.25, -0.2) is 8.42 Å². The van der Waals surface area contributed by atoms with Crippen molar-refractivity contribution in [2.75, 3.05) is 33.0 Å². The van der Waals surface area contributed by atoms with Crippen molar-refractivity contribution < 1.29 is 17.9 Å². The Hall–Kier alpha value is -0.620. The van der Waals surface area contributed by atoms with Crippen LogP contribution in [-0.2, 0) is 19.4 Å². The number of sulfone groups is 1. The lowest BCUT2D eigenvalue weighted by Gasteiger charge is -2.22. The number of carbonyl (C=O) groups excluding carboxylic acids is 1. The summed E-state index contributed by atoms with van der Waals surface area (Å²) in [5.74, 6) is -0.0867. The van der Waals surface area contributed by atoms with E-state index in [1.54, 1.807) is 20.8 Å². The summed E-state index contributed by atoms with van der Waals surface area (Å²) >= 11 is 0. The highest BCUT2D eigenvalue weighted by Gasteiger charge is 2.28. The molecule has 0 aromatic heterocycles. The fourth-order valence-corrected chi connectivity index (χ4v) is 2.45. The number of esters is 1. The fraction of sp³-hybridized carbons (Fsp3) is 0.917. The van der Waals surface area contributed by atoms with E-state index in [0.717, 1.165) is 0 Å². The van der Waals surface area contributed by atoms with Crippen LogP contribution >= 0.6 is 0 Å². The molecule has 0 amide bonds. The first-order chi connectivity index (χ1) is 8.10. The summed E-state index contributed by atoms with van der Waals surface area (Å²) in [5.41, 5.74) is 0. The molecule has 0 N–H and O–H groups in total. The molecule has 0 bridgehead atoms. The predicted octanol–water partition coefficient (Wildman–Crippen LogP) is 1.08. The number of carbonyl (C=O) groups is 1. The Labute approximate surface area is 110 Å². The van der Waals surface area contributed by atoms with E-state index < -0.39 is 14.6 Å². The average molecular weight is 279 g/mol. The molecule has 0 heterocycles. The van der Waals surface area contributed by atoms with Crippen LogP contribution in [-0.4, -0.2) is 57.0 Å². The van der Waals surface area contributed by atoms with Gasteiger partial charge in [0, 0.05) is 13.0 Å². The first-order valence-corrected chi connectivity index (χ1v) is 7.73. The molecule has 6 heteroatoms. The topological polar surface area (TPSA) is 63.7 Å². The van der Waals surface area contributed by atoms with Crippen LogP contribution in [0.15, 0.2) is 0 Å². The molecular formula is C12H25NO4S. The number of hydrogen-bond acceptors (Lipinski definition) is 5. The minimum Gasteiger partial charge on any atom is -0.469 e. The van der Waals surface area contributed by atoms with Crippen molar-refractivity contribution in [2.24, 2.45) is 0 Å². The van der Waals surface area contributed by atoms with Crippen LogP contribution in [0.4, 0.5) is 0 Å². The van der Waals surface area contributed by atoms with Gasteiger partial charge in [0.1, 0.15) is 0 Å². The van der Waals surface area contributed by atoms with Gasteiger partial charge < -0.3 is 9.64 Å². The van der Waals surface area contributed by atoms with Crippen LogP contribution in [0.3, 0.4) is 0 Å². The van der Waals surface area contributed by atoms with E-state index in [0.29, 0.717) is 25.9 Å². The quantitative estimate of drug-likeness (QED) is 0.653. The van der Waals surface area contributed by atoms with Crippen LogP contribution in [0, 0.1) is 0 Å². The molecule has 0 unspecified atom stereocenters. The van der Waals surface area contributed by atoms with E-state index in [1.807, 2.05) is 11.9 Å². The second kappa shape index (κ2) is 7.09. The SMILES string of the molecule is COC(=O)CCCN(C)CCS(=O)(=O)C(C)(C)C. The maximum Gasteiger partial charge on any atom is 0.305 e. The van der Waals surface area contributed by atoms with Crippen molar-refractivity contribution in [3.63, 3.8) is 0 Å². The Morgan fingerprint density at radius 2 is 1.78 bits per heavy atom. The standard InChI is InChI=1S/C12H25NO4S/c1-12(2,3)18(15,16)10-9-13(4)8-6-7-11(14)17-5/h6-10H2,1-5H3. The maximum atomic E-state index is 11.9. The zero-order valence-corrected chi connectivity index (χ0v) is 12.8. The molecule has 0 saturated heterocycles. The Morgan fingerprint density at radius 1 is 1.22 bits per heavy atom. The predicted molar refractivity (Wildman–Crippen MR) is 72.3 cm³/mol. The maximum absolute atomic E-state index is 11.9. The van der Waals surface area contributed by atoms with E-state index >= 15 is 0 Å². The summed E-state index contributed by atoms with van der Waals surface area (Å²) < 4.78 is 27.6. The van der Waals surface area contributed by atoms with Crippen molar-refractivity contribution in [3.8, 4) is 0 Å². The molecule has 0 atom stereocenters. The highest BCUT2D eigenvalue weighted by molar-refractivity contribution is 7.92. The van der Waals surface area contributed by atoms with Crippen molar-refractivity contribution in [3.05, 3.63) is 0 Å². The van der Waals surface area contributed by atoms with E-state index in [1.165, 1.54) is 7.11 Å². The molecule has 0 aromatic carbocycles. The molecule has 0 aliphatic heterocycles. The Bertz CT molecular complexity index is 357. The number of nitrogens with zero attached hydrogens (tertiary/aromatic N) is 1. The zero-order valence-electron chi connectivity index (χ0n) is 12.0. The number of ether oxygens (including phenoxy) is 1. The Kier molecular flexibility index (Phi) is 6.84. The molecule has 0 aliphatic rings. The summed E-state index contributed by atoms with van der Waals surface area (Å²) in [7, 11) is 0.148. The summed E-state index contributed by atoms with van der Waals surface area (Å²) in [4.78, 5) is 12.8. The third-order valence-corrected chi connectivity index (χ3v) is 5.41. The van der Waals surface area contributed by atoms with E-state index in [2.05, 4.69) is 4.74 Å². The largest absolute Gasteiger partial charge is 0.469 e. The van der Waals surface area contributed by atoms with Gasteiger partial charge in [0.15, 0.2) is 9.84 Å². The molecule has 0 spiro atoms. The zero-order chi connectivity index (χ0) is 14.4. The van der Waals surface area contributed by atoms with Gasteiger partial charge in [-0.2, -0.15) is 0 Å². The van der Waals surface area contributed by atoms with Gasteiger partial charge >= 0.3 is 5.97 Å². The lowest BCUT2D eigenvalue weighted by molar-refractivity contribution is -0.140. The first-order valence-electron chi connectivity index (χ1n) is 6.08. The molecule has 0 radical (unpaired) electrons. The molecule has 108 valence electrons. The second-order valence-corrected chi connectivity index (χ2v) is 8.28. The number of hydrogen-bond donors (Lipinski definition) is 0.